The van der Waals surface area contributed by atoms with Crippen molar-refractivity contribution in [2.45, 2.75) is 17.4 Å². The number of aliphatic hydroxyl groups excluding tert-OH is 2. The number of nitrogens with two attached hydrogens (primary N) is 1. The van der Waals surface area contributed by atoms with Crippen LogP contribution in [0.4, 0.5) is 10.1 Å². The zero-order valence-electron chi connectivity index (χ0n) is 10.0. The molecule has 1 aromatic carbocycles. The van der Waals surface area contributed by atoms with Crippen LogP contribution < -0.4 is 10.5 Å². The van der Waals surface area contributed by atoms with Crippen molar-refractivity contribution in [2.75, 3.05) is 18.9 Å². The van der Waals surface area contributed by atoms with Gasteiger partial charge in [-0.25, -0.2) is 17.5 Å². The molecule has 0 aliphatic carbocycles. The Morgan fingerprint density at radius 1 is 1.42 bits per heavy atom. The van der Waals surface area contributed by atoms with Gasteiger partial charge in [-0.3, -0.25) is 0 Å². The van der Waals surface area contributed by atoms with Gasteiger partial charge in [0.25, 0.3) is 0 Å². The van der Waals surface area contributed by atoms with Crippen LogP contribution in [0.3, 0.4) is 0 Å². The smallest absolute Gasteiger partial charge is 0.243 e. The van der Waals surface area contributed by atoms with Gasteiger partial charge in [-0.1, -0.05) is 0 Å². The average molecular weight is 357 g/mol. The van der Waals surface area contributed by atoms with Gasteiger partial charge in [0.1, 0.15) is 10.7 Å². The van der Waals surface area contributed by atoms with Gasteiger partial charge in [0, 0.05) is 0 Å². The highest BCUT2D eigenvalue weighted by Gasteiger charge is 2.31. The Bertz CT molecular complexity index is 575. The molecule has 0 aliphatic rings. The van der Waals surface area contributed by atoms with Crippen LogP contribution in [0.5, 0.6) is 0 Å². The summed E-state index contributed by atoms with van der Waals surface area (Å²) >= 11 is 2.86. The number of anilines is 1. The zero-order chi connectivity index (χ0) is 14.8. The molecule has 0 unspecified atom stereocenters. The predicted octanol–water partition coefficient (Wildman–Crippen LogP) is 0.192. The number of sulfonamides is 1. The molecule has 0 saturated heterocycles. The molecule has 9 heteroatoms. The summed E-state index contributed by atoms with van der Waals surface area (Å²) < 4.78 is 39.4. The molecule has 0 atom stereocenters. The number of rotatable bonds is 5. The van der Waals surface area contributed by atoms with Crippen molar-refractivity contribution in [2.24, 2.45) is 0 Å². The molecule has 0 bridgehead atoms. The van der Waals surface area contributed by atoms with E-state index < -0.39 is 34.6 Å². The molecule has 0 radical (unpaired) electrons. The molecule has 108 valence electrons. The summed E-state index contributed by atoms with van der Waals surface area (Å²) in [6.07, 6.45) is 0. The van der Waals surface area contributed by atoms with Crippen molar-refractivity contribution in [1.82, 2.24) is 4.72 Å². The fraction of sp³-hybridized carbons (Fsp3) is 0.400. The second-order valence-electron chi connectivity index (χ2n) is 4.29. The first-order valence-electron chi connectivity index (χ1n) is 5.15. The normalized spacial score (nSPS) is 12.7. The van der Waals surface area contributed by atoms with Crippen LogP contribution in [0, 0.1) is 5.82 Å². The Morgan fingerprint density at radius 3 is 2.42 bits per heavy atom. The number of benzene rings is 1. The molecular formula is C10H14BrFN2O4S. The topological polar surface area (TPSA) is 113 Å². The number of hydrogen-bond donors (Lipinski definition) is 4. The maximum Gasteiger partial charge on any atom is 0.243 e. The summed E-state index contributed by atoms with van der Waals surface area (Å²) in [5.41, 5.74) is 3.76. The third-order valence-electron chi connectivity index (χ3n) is 2.42. The second-order valence-corrected chi connectivity index (χ2v) is 6.79. The summed E-state index contributed by atoms with van der Waals surface area (Å²) in [6.45, 7) is 0.106. The van der Waals surface area contributed by atoms with Crippen LogP contribution in [-0.4, -0.2) is 37.4 Å². The van der Waals surface area contributed by atoms with Gasteiger partial charge in [0.15, 0.2) is 0 Å². The quantitative estimate of drug-likeness (QED) is 0.562. The van der Waals surface area contributed by atoms with Gasteiger partial charge < -0.3 is 15.9 Å². The molecule has 0 fully saturated rings. The van der Waals surface area contributed by atoms with E-state index in [1.54, 1.807) is 0 Å². The van der Waals surface area contributed by atoms with E-state index >= 15 is 0 Å². The molecule has 0 spiro atoms. The highest BCUT2D eigenvalue weighted by molar-refractivity contribution is 9.10. The van der Waals surface area contributed by atoms with E-state index in [0.29, 0.717) is 0 Å². The fourth-order valence-corrected chi connectivity index (χ4v) is 3.30. The Kier molecular flexibility index (Phi) is 4.91. The van der Waals surface area contributed by atoms with Gasteiger partial charge in [-0.15, -0.1) is 0 Å². The van der Waals surface area contributed by atoms with E-state index in [2.05, 4.69) is 20.7 Å². The third kappa shape index (κ3) is 3.63. The average Bonchev–Trinajstić information content (AvgIpc) is 2.33. The number of nitrogens with one attached hydrogen (secondary N) is 1. The minimum Gasteiger partial charge on any atom is -0.398 e. The summed E-state index contributed by atoms with van der Waals surface area (Å²) in [5, 5.41) is 18.2. The first-order chi connectivity index (χ1) is 8.65. The lowest BCUT2D eigenvalue weighted by atomic mass is 10.1. The Labute approximate surface area is 118 Å². The van der Waals surface area contributed by atoms with Gasteiger partial charge in [0.05, 0.1) is 28.9 Å². The van der Waals surface area contributed by atoms with Crippen LogP contribution in [-0.2, 0) is 10.0 Å². The van der Waals surface area contributed by atoms with E-state index in [4.69, 9.17) is 15.9 Å². The lowest BCUT2D eigenvalue weighted by molar-refractivity contribution is 0.122. The van der Waals surface area contributed by atoms with Gasteiger partial charge in [-0.2, -0.15) is 0 Å². The lowest BCUT2D eigenvalue weighted by Crippen LogP contribution is -2.51. The molecule has 5 N–H and O–H groups in total. The first-order valence-corrected chi connectivity index (χ1v) is 7.43. The van der Waals surface area contributed by atoms with Gasteiger partial charge in [0.2, 0.25) is 10.0 Å². The molecule has 0 aliphatic heterocycles. The number of nitrogen functional groups attached to an aromatic ring is 1. The van der Waals surface area contributed by atoms with Crippen LogP contribution >= 0.6 is 15.9 Å². The lowest BCUT2D eigenvalue weighted by Gasteiger charge is -2.26. The van der Waals surface area contributed by atoms with Crippen LogP contribution in [0.25, 0.3) is 0 Å². The Balaban J connectivity index is 3.25. The molecule has 6 nitrogen and oxygen atoms in total. The number of aliphatic hydroxyl groups is 2. The summed E-state index contributed by atoms with van der Waals surface area (Å²) in [4.78, 5) is -0.339. The Morgan fingerprint density at radius 2 is 1.95 bits per heavy atom. The van der Waals surface area contributed by atoms with E-state index in [0.717, 1.165) is 12.1 Å². The predicted molar refractivity (Wildman–Crippen MR) is 71.4 cm³/mol. The molecule has 19 heavy (non-hydrogen) atoms. The highest BCUT2D eigenvalue weighted by Crippen LogP contribution is 2.26. The van der Waals surface area contributed by atoms with Gasteiger partial charge in [-0.05, 0) is 35.0 Å². The molecule has 0 heterocycles. The molecule has 1 aromatic rings. The van der Waals surface area contributed by atoms with Crippen molar-refractivity contribution in [1.29, 1.82) is 0 Å². The highest BCUT2D eigenvalue weighted by atomic mass is 79.9. The zero-order valence-corrected chi connectivity index (χ0v) is 12.4. The van der Waals surface area contributed by atoms with E-state index in [1.807, 2.05) is 0 Å². The largest absolute Gasteiger partial charge is 0.398 e. The monoisotopic (exact) mass is 356 g/mol. The third-order valence-corrected chi connectivity index (χ3v) is 4.72. The minimum atomic E-state index is -4.10. The van der Waals surface area contributed by atoms with E-state index in [-0.39, 0.29) is 15.1 Å². The SMILES string of the molecule is CC(CO)(CO)NS(=O)(=O)c1cc(Br)c(F)cc1N. The van der Waals surface area contributed by atoms with Crippen LogP contribution in [0.1, 0.15) is 6.92 Å². The number of hydrogen-bond acceptors (Lipinski definition) is 5. The Hall–Kier alpha value is -0.740. The number of halogens is 2. The maximum absolute atomic E-state index is 13.2. The van der Waals surface area contributed by atoms with E-state index in [1.165, 1.54) is 6.92 Å². The molecule has 1 rings (SSSR count). The second kappa shape index (κ2) is 5.71. The van der Waals surface area contributed by atoms with Crippen molar-refractivity contribution in [3.05, 3.63) is 22.4 Å². The summed E-state index contributed by atoms with van der Waals surface area (Å²) in [7, 11) is -4.10. The fourth-order valence-electron chi connectivity index (χ4n) is 1.27. The molecule has 0 amide bonds. The minimum absolute atomic E-state index is 0.0585. The maximum atomic E-state index is 13.2. The van der Waals surface area contributed by atoms with Crippen molar-refractivity contribution in [3.8, 4) is 0 Å². The molecule has 0 saturated carbocycles. The van der Waals surface area contributed by atoms with Gasteiger partial charge >= 0.3 is 0 Å². The molecule has 0 aromatic heterocycles. The van der Waals surface area contributed by atoms with Crippen LogP contribution in [0.2, 0.25) is 0 Å². The van der Waals surface area contributed by atoms with Crippen molar-refractivity contribution in [3.63, 3.8) is 0 Å². The summed E-state index contributed by atoms with van der Waals surface area (Å²) in [5.74, 6) is -0.691. The summed E-state index contributed by atoms with van der Waals surface area (Å²) in [6, 6.07) is 1.88. The van der Waals surface area contributed by atoms with E-state index in [9.17, 15) is 12.8 Å². The van der Waals surface area contributed by atoms with Crippen molar-refractivity contribution < 1.29 is 23.0 Å². The molecular weight excluding hydrogens is 343 g/mol. The standard InChI is InChI=1S/C10H14BrFN2O4S/c1-10(4-15,5-16)14-19(17,18)9-2-6(11)7(12)3-8(9)13/h2-3,14-16H,4-5,13H2,1H3. The first kappa shape index (κ1) is 16.3. The van der Waals surface area contributed by atoms with Crippen LogP contribution in [0.15, 0.2) is 21.5 Å². The van der Waals surface area contributed by atoms with Crippen molar-refractivity contribution >= 4 is 31.6 Å².